The maximum Gasteiger partial charge on any atom is 0.124 e. The SMILES string of the molecule is O=CCc1cnc2ccccc2c1-c1ccccc1. The molecule has 0 amide bonds. The number of hydrogen-bond donors (Lipinski definition) is 0. The topological polar surface area (TPSA) is 30.0 Å². The summed E-state index contributed by atoms with van der Waals surface area (Å²) >= 11 is 0. The molecule has 0 aliphatic rings. The predicted molar refractivity (Wildman–Crippen MR) is 76.9 cm³/mol. The van der Waals surface area contributed by atoms with Gasteiger partial charge in [-0.3, -0.25) is 4.98 Å². The van der Waals surface area contributed by atoms with E-state index in [2.05, 4.69) is 23.2 Å². The Morgan fingerprint density at radius 3 is 2.47 bits per heavy atom. The summed E-state index contributed by atoms with van der Waals surface area (Å²) in [6.07, 6.45) is 3.12. The van der Waals surface area contributed by atoms with Crippen molar-refractivity contribution in [3.63, 3.8) is 0 Å². The first-order valence-corrected chi connectivity index (χ1v) is 6.26. The number of nitrogens with zero attached hydrogens (tertiary/aromatic N) is 1. The normalized spacial score (nSPS) is 10.5. The predicted octanol–water partition coefficient (Wildman–Crippen LogP) is 3.64. The van der Waals surface area contributed by atoms with Gasteiger partial charge in [-0.1, -0.05) is 48.5 Å². The van der Waals surface area contributed by atoms with Crippen LogP contribution in [-0.4, -0.2) is 11.3 Å². The Bertz CT molecular complexity index is 720. The highest BCUT2D eigenvalue weighted by Gasteiger charge is 2.10. The fraction of sp³-hybridized carbons (Fsp3) is 0.0588. The Labute approximate surface area is 111 Å². The van der Waals surface area contributed by atoms with Crippen LogP contribution in [0.4, 0.5) is 0 Å². The Kier molecular flexibility index (Phi) is 3.07. The second-order valence-electron chi connectivity index (χ2n) is 4.41. The van der Waals surface area contributed by atoms with Gasteiger partial charge < -0.3 is 4.79 Å². The second-order valence-corrected chi connectivity index (χ2v) is 4.41. The van der Waals surface area contributed by atoms with Gasteiger partial charge in [-0.15, -0.1) is 0 Å². The van der Waals surface area contributed by atoms with Crippen molar-refractivity contribution < 1.29 is 4.79 Å². The summed E-state index contributed by atoms with van der Waals surface area (Å²) in [5.74, 6) is 0. The third-order valence-electron chi connectivity index (χ3n) is 3.22. The van der Waals surface area contributed by atoms with E-state index in [0.717, 1.165) is 33.9 Å². The van der Waals surface area contributed by atoms with E-state index in [9.17, 15) is 4.79 Å². The van der Waals surface area contributed by atoms with Crippen molar-refractivity contribution in [3.8, 4) is 11.1 Å². The van der Waals surface area contributed by atoms with Crippen LogP contribution in [0.25, 0.3) is 22.0 Å². The smallest absolute Gasteiger partial charge is 0.124 e. The molecule has 0 N–H and O–H groups in total. The first-order valence-electron chi connectivity index (χ1n) is 6.26. The molecule has 19 heavy (non-hydrogen) atoms. The molecule has 92 valence electrons. The van der Waals surface area contributed by atoms with Crippen LogP contribution < -0.4 is 0 Å². The number of hydrogen-bond acceptors (Lipinski definition) is 2. The molecular formula is C17H13NO. The van der Waals surface area contributed by atoms with E-state index >= 15 is 0 Å². The van der Waals surface area contributed by atoms with Crippen LogP contribution >= 0.6 is 0 Å². The molecule has 0 aliphatic heterocycles. The van der Waals surface area contributed by atoms with Crippen molar-refractivity contribution >= 4 is 17.2 Å². The summed E-state index contributed by atoms with van der Waals surface area (Å²) in [5, 5.41) is 1.09. The standard InChI is InChI=1S/C17H13NO/c19-11-10-14-12-18-16-9-5-4-8-15(16)17(14)13-6-2-1-3-7-13/h1-9,11-12H,10H2. The van der Waals surface area contributed by atoms with Crippen LogP contribution in [0.2, 0.25) is 0 Å². The summed E-state index contributed by atoms with van der Waals surface area (Å²) in [4.78, 5) is 15.3. The lowest BCUT2D eigenvalue weighted by Gasteiger charge is -2.11. The monoisotopic (exact) mass is 247 g/mol. The Hall–Kier alpha value is -2.48. The molecule has 2 heteroatoms. The lowest BCUT2D eigenvalue weighted by molar-refractivity contribution is -0.107. The van der Waals surface area contributed by atoms with Gasteiger partial charge in [-0.05, 0) is 22.8 Å². The van der Waals surface area contributed by atoms with Crippen LogP contribution in [0.5, 0.6) is 0 Å². The number of fused-ring (bicyclic) bond motifs is 1. The fourth-order valence-electron chi connectivity index (χ4n) is 2.37. The molecular weight excluding hydrogens is 234 g/mol. The van der Waals surface area contributed by atoms with Crippen LogP contribution in [0.1, 0.15) is 5.56 Å². The number of aromatic nitrogens is 1. The first kappa shape index (κ1) is 11.6. The average molecular weight is 247 g/mol. The van der Waals surface area contributed by atoms with Crippen LogP contribution in [0.15, 0.2) is 60.8 Å². The minimum atomic E-state index is 0.391. The van der Waals surface area contributed by atoms with E-state index in [4.69, 9.17) is 0 Å². The molecule has 0 radical (unpaired) electrons. The zero-order valence-corrected chi connectivity index (χ0v) is 10.4. The van der Waals surface area contributed by atoms with Gasteiger partial charge in [-0.25, -0.2) is 0 Å². The highest BCUT2D eigenvalue weighted by molar-refractivity contribution is 5.96. The van der Waals surface area contributed by atoms with E-state index in [1.807, 2.05) is 36.4 Å². The highest BCUT2D eigenvalue weighted by Crippen LogP contribution is 2.30. The molecule has 1 heterocycles. The van der Waals surface area contributed by atoms with Crippen molar-refractivity contribution in [1.82, 2.24) is 4.98 Å². The van der Waals surface area contributed by atoms with Crippen molar-refractivity contribution in [3.05, 3.63) is 66.4 Å². The van der Waals surface area contributed by atoms with E-state index in [1.165, 1.54) is 0 Å². The van der Waals surface area contributed by atoms with E-state index in [0.29, 0.717) is 6.42 Å². The quantitative estimate of drug-likeness (QED) is 0.661. The summed E-state index contributed by atoms with van der Waals surface area (Å²) in [5.41, 5.74) is 4.16. The number of aldehydes is 1. The summed E-state index contributed by atoms with van der Waals surface area (Å²) < 4.78 is 0. The van der Waals surface area contributed by atoms with Gasteiger partial charge in [0.15, 0.2) is 0 Å². The van der Waals surface area contributed by atoms with Gasteiger partial charge in [0.05, 0.1) is 5.52 Å². The Morgan fingerprint density at radius 1 is 0.947 bits per heavy atom. The summed E-state index contributed by atoms with van der Waals surface area (Å²) in [6, 6.07) is 18.2. The third-order valence-corrected chi connectivity index (χ3v) is 3.22. The average Bonchev–Trinajstić information content (AvgIpc) is 2.48. The summed E-state index contributed by atoms with van der Waals surface area (Å²) in [7, 11) is 0. The fourth-order valence-corrected chi connectivity index (χ4v) is 2.37. The molecule has 3 rings (SSSR count). The Balaban J connectivity index is 2.35. The van der Waals surface area contributed by atoms with E-state index < -0.39 is 0 Å². The van der Waals surface area contributed by atoms with Crippen molar-refractivity contribution in [2.24, 2.45) is 0 Å². The zero-order valence-electron chi connectivity index (χ0n) is 10.4. The molecule has 2 aromatic carbocycles. The third kappa shape index (κ3) is 2.13. The molecule has 0 bridgehead atoms. The molecule has 0 aliphatic carbocycles. The zero-order chi connectivity index (χ0) is 13.1. The van der Waals surface area contributed by atoms with E-state index in [1.54, 1.807) is 6.20 Å². The molecule has 0 atom stereocenters. The highest BCUT2D eigenvalue weighted by atomic mass is 16.1. The van der Waals surface area contributed by atoms with Gasteiger partial charge in [0.25, 0.3) is 0 Å². The van der Waals surface area contributed by atoms with Gasteiger partial charge >= 0.3 is 0 Å². The number of pyridine rings is 1. The minimum Gasteiger partial charge on any atom is -0.303 e. The maximum absolute atomic E-state index is 10.9. The van der Waals surface area contributed by atoms with E-state index in [-0.39, 0.29) is 0 Å². The maximum atomic E-state index is 10.9. The molecule has 3 aromatic rings. The molecule has 0 fully saturated rings. The molecule has 0 saturated heterocycles. The van der Waals surface area contributed by atoms with Crippen molar-refractivity contribution in [2.75, 3.05) is 0 Å². The molecule has 0 saturated carbocycles. The number of carbonyl (C=O) groups excluding carboxylic acids is 1. The molecule has 0 spiro atoms. The molecule has 1 aromatic heterocycles. The largest absolute Gasteiger partial charge is 0.303 e. The van der Waals surface area contributed by atoms with Crippen molar-refractivity contribution in [2.45, 2.75) is 6.42 Å². The summed E-state index contributed by atoms with van der Waals surface area (Å²) in [6.45, 7) is 0. The first-order chi connectivity index (χ1) is 9.40. The molecule has 0 unspecified atom stereocenters. The van der Waals surface area contributed by atoms with Crippen LogP contribution in [0, 0.1) is 0 Å². The van der Waals surface area contributed by atoms with Crippen LogP contribution in [-0.2, 0) is 11.2 Å². The number of benzene rings is 2. The van der Waals surface area contributed by atoms with Gasteiger partial charge in [0.1, 0.15) is 6.29 Å². The van der Waals surface area contributed by atoms with Gasteiger partial charge in [-0.2, -0.15) is 0 Å². The lowest BCUT2D eigenvalue weighted by atomic mass is 9.95. The molecule has 2 nitrogen and oxygen atoms in total. The Morgan fingerprint density at radius 2 is 1.68 bits per heavy atom. The second kappa shape index (κ2) is 5.02. The number of para-hydroxylation sites is 1. The number of rotatable bonds is 3. The van der Waals surface area contributed by atoms with Crippen LogP contribution in [0.3, 0.4) is 0 Å². The van der Waals surface area contributed by atoms with Gasteiger partial charge in [0, 0.05) is 18.0 Å². The van der Waals surface area contributed by atoms with Gasteiger partial charge in [0.2, 0.25) is 0 Å². The number of carbonyl (C=O) groups is 1. The van der Waals surface area contributed by atoms with Crippen molar-refractivity contribution in [1.29, 1.82) is 0 Å². The minimum absolute atomic E-state index is 0.391. The lowest BCUT2D eigenvalue weighted by Crippen LogP contribution is -1.95.